The fraction of sp³-hybridized carbons (Fsp3) is 0.200. The van der Waals surface area contributed by atoms with Crippen molar-refractivity contribution in [1.29, 1.82) is 0 Å². The van der Waals surface area contributed by atoms with Gasteiger partial charge in [-0.25, -0.2) is 4.39 Å². The molecule has 0 unspecified atom stereocenters. The van der Waals surface area contributed by atoms with Crippen LogP contribution in [0.3, 0.4) is 0 Å². The van der Waals surface area contributed by atoms with Crippen molar-refractivity contribution in [2.45, 2.75) is 12.3 Å². The van der Waals surface area contributed by atoms with Crippen LogP contribution in [-0.4, -0.2) is 6.54 Å². The van der Waals surface area contributed by atoms with Gasteiger partial charge in [0.25, 0.3) is 0 Å². The highest BCUT2D eigenvalue weighted by Gasteiger charge is 2.06. The van der Waals surface area contributed by atoms with Gasteiger partial charge in [-0.2, -0.15) is 0 Å². The lowest BCUT2D eigenvalue weighted by Crippen LogP contribution is -2.15. The summed E-state index contributed by atoms with van der Waals surface area (Å²) < 4.78 is 12.9. The third-order valence-corrected chi connectivity index (χ3v) is 3.50. The molecular weight excluding hydrogens is 293 g/mol. The van der Waals surface area contributed by atoms with Crippen LogP contribution in [-0.2, 0) is 5.33 Å². The number of nitrogens with zero attached hydrogens (tertiary/aromatic N) is 1. The molecule has 2 aromatic carbocycles. The topological polar surface area (TPSA) is 3.24 Å². The fourth-order valence-electron chi connectivity index (χ4n) is 1.90. The van der Waals surface area contributed by atoms with E-state index in [2.05, 4.69) is 52.0 Å². The van der Waals surface area contributed by atoms with Gasteiger partial charge in [0.1, 0.15) is 5.82 Å². The Hall–Kier alpha value is -1.35. The van der Waals surface area contributed by atoms with E-state index in [-0.39, 0.29) is 5.82 Å². The molecule has 1 nitrogen and oxygen atoms in total. The van der Waals surface area contributed by atoms with Crippen molar-refractivity contribution in [3.8, 4) is 0 Å². The Balaban J connectivity index is 2.29. The Kier molecular flexibility index (Phi) is 4.37. The molecule has 3 heteroatoms. The van der Waals surface area contributed by atoms with E-state index in [0.717, 1.165) is 23.2 Å². The quantitative estimate of drug-likeness (QED) is 0.728. The Morgan fingerprint density at radius 1 is 0.944 bits per heavy atom. The molecule has 0 heterocycles. The number of halogens is 2. The average Bonchev–Trinajstić information content (AvgIpc) is 2.42. The predicted molar refractivity (Wildman–Crippen MR) is 78.2 cm³/mol. The molecule has 0 aliphatic rings. The molecule has 0 aliphatic heterocycles. The van der Waals surface area contributed by atoms with Gasteiger partial charge in [-0.05, 0) is 48.9 Å². The minimum absolute atomic E-state index is 0.204. The number of benzene rings is 2. The molecule has 0 radical (unpaired) electrons. The van der Waals surface area contributed by atoms with Crippen molar-refractivity contribution >= 4 is 27.3 Å². The van der Waals surface area contributed by atoms with E-state index in [1.807, 2.05) is 0 Å². The lowest BCUT2D eigenvalue weighted by atomic mass is 10.2. The molecule has 2 aromatic rings. The zero-order valence-electron chi connectivity index (χ0n) is 10.2. The second kappa shape index (κ2) is 6.01. The minimum Gasteiger partial charge on any atom is -0.342 e. The SMILES string of the molecule is CCN(c1ccc(F)cc1)c1ccc(CBr)cc1. The van der Waals surface area contributed by atoms with Crippen LogP contribution in [0.5, 0.6) is 0 Å². The maximum Gasteiger partial charge on any atom is 0.123 e. The maximum absolute atomic E-state index is 12.9. The van der Waals surface area contributed by atoms with Gasteiger partial charge in [0, 0.05) is 23.2 Å². The highest BCUT2D eigenvalue weighted by molar-refractivity contribution is 9.08. The molecule has 0 saturated carbocycles. The summed E-state index contributed by atoms with van der Waals surface area (Å²) >= 11 is 3.43. The van der Waals surface area contributed by atoms with Crippen LogP contribution in [0.1, 0.15) is 12.5 Å². The summed E-state index contributed by atoms with van der Waals surface area (Å²) in [7, 11) is 0. The Morgan fingerprint density at radius 3 is 1.89 bits per heavy atom. The first-order valence-electron chi connectivity index (χ1n) is 5.92. The zero-order valence-corrected chi connectivity index (χ0v) is 11.8. The number of hydrogen-bond donors (Lipinski definition) is 0. The summed E-state index contributed by atoms with van der Waals surface area (Å²) in [4.78, 5) is 2.15. The highest BCUT2D eigenvalue weighted by Crippen LogP contribution is 2.25. The molecular formula is C15H15BrFN. The Bertz CT molecular complexity index is 493. The third-order valence-electron chi connectivity index (χ3n) is 2.86. The van der Waals surface area contributed by atoms with E-state index in [4.69, 9.17) is 0 Å². The molecule has 0 bridgehead atoms. The first-order valence-corrected chi connectivity index (χ1v) is 7.04. The highest BCUT2D eigenvalue weighted by atomic mass is 79.9. The van der Waals surface area contributed by atoms with Crippen LogP contribution in [0.15, 0.2) is 48.5 Å². The van der Waals surface area contributed by atoms with E-state index < -0.39 is 0 Å². The molecule has 2 rings (SSSR count). The lowest BCUT2D eigenvalue weighted by molar-refractivity contribution is 0.628. The first-order chi connectivity index (χ1) is 8.74. The fourth-order valence-corrected chi connectivity index (χ4v) is 2.27. The van der Waals surface area contributed by atoms with Gasteiger partial charge >= 0.3 is 0 Å². The molecule has 0 fully saturated rings. The summed E-state index contributed by atoms with van der Waals surface area (Å²) in [5.74, 6) is -0.204. The number of anilines is 2. The maximum atomic E-state index is 12.9. The normalized spacial score (nSPS) is 10.4. The van der Waals surface area contributed by atoms with E-state index in [1.165, 1.54) is 17.7 Å². The van der Waals surface area contributed by atoms with E-state index in [0.29, 0.717) is 0 Å². The molecule has 0 amide bonds. The zero-order chi connectivity index (χ0) is 13.0. The monoisotopic (exact) mass is 307 g/mol. The smallest absolute Gasteiger partial charge is 0.123 e. The summed E-state index contributed by atoms with van der Waals surface area (Å²) in [6, 6.07) is 14.9. The molecule has 0 aliphatic carbocycles. The van der Waals surface area contributed by atoms with Crippen LogP contribution in [0.4, 0.5) is 15.8 Å². The van der Waals surface area contributed by atoms with Crippen LogP contribution in [0.2, 0.25) is 0 Å². The largest absolute Gasteiger partial charge is 0.342 e. The molecule has 0 spiro atoms. The molecule has 0 N–H and O–H groups in total. The van der Waals surface area contributed by atoms with Gasteiger partial charge in [0.2, 0.25) is 0 Å². The second-order valence-corrected chi connectivity index (χ2v) is 4.58. The van der Waals surface area contributed by atoms with Crippen molar-refractivity contribution in [1.82, 2.24) is 0 Å². The first kappa shape index (κ1) is 13.1. The van der Waals surface area contributed by atoms with Crippen molar-refractivity contribution in [3.63, 3.8) is 0 Å². The van der Waals surface area contributed by atoms with Gasteiger partial charge in [0.15, 0.2) is 0 Å². The Morgan fingerprint density at radius 2 is 1.44 bits per heavy atom. The number of rotatable bonds is 4. The molecule has 0 saturated heterocycles. The van der Waals surface area contributed by atoms with Crippen molar-refractivity contribution < 1.29 is 4.39 Å². The summed E-state index contributed by atoms with van der Waals surface area (Å²) in [5.41, 5.74) is 3.37. The van der Waals surface area contributed by atoms with Gasteiger partial charge < -0.3 is 4.90 Å². The van der Waals surface area contributed by atoms with Gasteiger partial charge in [-0.15, -0.1) is 0 Å². The number of alkyl halides is 1. The lowest BCUT2D eigenvalue weighted by Gasteiger charge is -2.23. The molecule has 0 aromatic heterocycles. The van der Waals surface area contributed by atoms with E-state index in [9.17, 15) is 4.39 Å². The summed E-state index contributed by atoms with van der Waals surface area (Å²) in [6.45, 7) is 2.93. The third kappa shape index (κ3) is 2.91. The summed E-state index contributed by atoms with van der Waals surface area (Å²) in [5, 5.41) is 0.857. The van der Waals surface area contributed by atoms with Crippen molar-refractivity contribution in [3.05, 3.63) is 59.9 Å². The van der Waals surface area contributed by atoms with Gasteiger partial charge in [0.05, 0.1) is 0 Å². The standard InChI is InChI=1S/C15H15BrFN/c1-2-18(15-9-5-13(17)6-10-15)14-7-3-12(11-16)4-8-14/h3-10H,2,11H2,1H3. The minimum atomic E-state index is -0.204. The van der Waals surface area contributed by atoms with Gasteiger partial charge in [-0.1, -0.05) is 28.1 Å². The van der Waals surface area contributed by atoms with Crippen molar-refractivity contribution in [2.75, 3.05) is 11.4 Å². The van der Waals surface area contributed by atoms with E-state index >= 15 is 0 Å². The summed E-state index contributed by atoms with van der Waals surface area (Å²) in [6.07, 6.45) is 0. The van der Waals surface area contributed by atoms with Crippen LogP contribution >= 0.6 is 15.9 Å². The van der Waals surface area contributed by atoms with Gasteiger partial charge in [-0.3, -0.25) is 0 Å². The average molecular weight is 308 g/mol. The molecule has 18 heavy (non-hydrogen) atoms. The van der Waals surface area contributed by atoms with E-state index in [1.54, 1.807) is 12.1 Å². The number of hydrogen-bond acceptors (Lipinski definition) is 1. The van der Waals surface area contributed by atoms with Crippen LogP contribution in [0.25, 0.3) is 0 Å². The van der Waals surface area contributed by atoms with Crippen LogP contribution in [0, 0.1) is 5.82 Å². The molecule has 94 valence electrons. The second-order valence-electron chi connectivity index (χ2n) is 4.02. The predicted octanol–water partition coefficient (Wildman–Crippen LogP) is 4.88. The Labute approximate surface area is 115 Å². The molecule has 0 atom stereocenters. The van der Waals surface area contributed by atoms with Crippen molar-refractivity contribution in [2.24, 2.45) is 0 Å². The van der Waals surface area contributed by atoms with Crippen LogP contribution < -0.4 is 4.90 Å².